The quantitative estimate of drug-likeness (QED) is 0.661. The Morgan fingerprint density at radius 1 is 1.12 bits per heavy atom. The van der Waals surface area contributed by atoms with E-state index in [2.05, 4.69) is 38.0 Å². The van der Waals surface area contributed by atoms with Crippen LogP contribution in [0.5, 0.6) is 0 Å². The molecule has 25 heavy (non-hydrogen) atoms. The van der Waals surface area contributed by atoms with E-state index in [0.29, 0.717) is 11.5 Å². The molecule has 3 aromatic rings. The number of hydrogen-bond acceptors (Lipinski definition) is 2. The number of pyridine rings is 1. The number of amides is 1. The molecule has 0 radical (unpaired) electrons. The molecule has 1 atom stereocenters. The van der Waals surface area contributed by atoms with Crippen LogP contribution in [-0.4, -0.2) is 27.0 Å². The Morgan fingerprint density at radius 2 is 1.88 bits per heavy atom. The molecular weight excluding hydrogens is 310 g/mol. The smallest absolute Gasteiger partial charge is 0.255 e. The molecular formula is C21H25N3O. The van der Waals surface area contributed by atoms with Crippen LogP contribution >= 0.6 is 0 Å². The number of benzene rings is 1. The van der Waals surface area contributed by atoms with Crippen molar-refractivity contribution in [1.29, 1.82) is 0 Å². The van der Waals surface area contributed by atoms with Gasteiger partial charge in [-0.2, -0.15) is 5.10 Å². The molecule has 0 spiro atoms. The molecule has 2 heterocycles. The Labute approximate surface area is 149 Å². The molecule has 0 aliphatic heterocycles. The van der Waals surface area contributed by atoms with Crippen molar-refractivity contribution < 1.29 is 4.79 Å². The zero-order chi connectivity index (χ0) is 17.8. The second-order valence-corrected chi connectivity index (χ2v) is 6.80. The van der Waals surface area contributed by atoms with Crippen molar-refractivity contribution in [2.45, 2.75) is 33.2 Å². The molecule has 0 aliphatic rings. The van der Waals surface area contributed by atoms with Crippen LogP contribution in [0.4, 0.5) is 0 Å². The first-order chi connectivity index (χ1) is 12.1. The fraction of sp³-hybridized carbons (Fsp3) is 0.333. The highest BCUT2D eigenvalue weighted by atomic mass is 16.2. The van der Waals surface area contributed by atoms with Gasteiger partial charge >= 0.3 is 0 Å². The topological polar surface area (TPSA) is 37.6 Å². The molecule has 1 aromatic carbocycles. The Hall–Kier alpha value is -2.62. The Morgan fingerprint density at radius 3 is 2.56 bits per heavy atom. The van der Waals surface area contributed by atoms with Crippen molar-refractivity contribution in [3.63, 3.8) is 0 Å². The summed E-state index contributed by atoms with van der Waals surface area (Å²) < 4.78 is 1.75. The number of carbonyl (C=O) groups excluding carboxylic acids is 1. The Balaban J connectivity index is 1.97. The van der Waals surface area contributed by atoms with Gasteiger partial charge in [-0.05, 0) is 36.1 Å². The van der Waals surface area contributed by atoms with Crippen molar-refractivity contribution in [2.24, 2.45) is 5.92 Å². The summed E-state index contributed by atoms with van der Waals surface area (Å²) >= 11 is 0. The highest BCUT2D eigenvalue weighted by Gasteiger charge is 2.25. The van der Waals surface area contributed by atoms with Crippen molar-refractivity contribution in [3.8, 4) is 0 Å². The number of fused-ring (bicyclic) bond motifs is 1. The van der Waals surface area contributed by atoms with Crippen molar-refractivity contribution >= 4 is 11.4 Å². The van der Waals surface area contributed by atoms with Gasteiger partial charge in [0.2, 0.25) is 0 Å². The van der Waals surface area contributed by atoms with E-state index in [9.17, 15) is 4.79 Å². The zero-order valence-corrected chi connectivity index (χ0v) is 15.1. The Bertz CT molecular complexity index is 838. The van der Waals surface area contributed by atoms with E-state index < -0.39 is 0 Å². The van der Waals surface area contributed by atoms with Crippen LogP contribution in [0.1, 0.15) is 49.2 Å². The van der Waals surface area contributed by atoms with Crippen LogP contribution < -0.4 is 0 Å². The molecule has 0 N–H and O–H groups in total. The molecule has 3 rings (SSSR count). The predicted molar refractivity (Wildman–Crippen MR) is 101 cm³/mol. The lowest BCUT2D eigenvalue weighted by atomic mass is 10.0. The largest absolute Gasteiger partial charge is 0.331 e. The molecule has 2 aromatic heterocycles. The van der Waals surface area contributed by atoms with E-state index in [1.807, 2.05) is 47.5 Å². The predicted octanol–water partition coefficient (Wildman–Crippen LogP) is 4.58. The van der Waals surface area contributed by atoms with Gasteiger partial charge in [-0.1, -0.05) is 51.1 Å². The molecule has 0 fully saturated rings. The maximum atomic E-state index is 13.3. The summed E-state index contributed by atoms with van der Waals surface area (Å²) in [5.41, 5.74) is 2.84. The summed E-state index contributed by atoms with van der Waals surface area (Å²) in [7, 11) is 0. The summed E-state index contributed by atoms with van der Waals surface area (Å²) in [6.45, 7) is 7.15. The van der Waals surface area contributed by atoms with E-state index in [1.165, 1.54) is 5.56 Å². The summed E-state index contributed by atoms with van der Waals surface area (Å²) in [5, 5.41) is 4.25. The first-order valence-corrected chi connectivity index (χ1v) is 8.89. The van der Waals surface area contributed by atoms with Crippen LogP contribution in [0.2, 0.25) is 0 Å². The number of hydrogen-bond donors (Lipinski definition) is 0. The second-order valence-electron chi connectivity index (χ2n) is 6.80. The third-order valence-electron chi connectivity index (χ3n) is 4.41. The van der Waals surface area contributed by atoms with E-state index >= 15 is 0 Å². The van der Waals surface area contributed by atoms with Gasteiger partial charge in [-0.3, -0.25) is 4.79 Å². The minimum Gasteiger partial charge on any atom is -0.331 e. The minimum absolute atomic E-state index is 0.0572. The maximum Gasteiger partial charge on any atom is 0.255 e. The van der Waals surface area contributed by atoms with Crippen LogP contribution in [-0.2, 0) is 0 Å². The van der Waals surface area contributed by atoms with Crippen molar-refractivity contribution in [2.75, 3.05) is 6.54 Å². The van der Waals surface area contributed by atoms with Crippen LogP contribution in [0.3, 0.4) is 0 Å². The number of carbonyl (C=O) groups is 1. The summed E-state index contributed by atoms with van der Waals surface area (Å²) in [6.07, 6.45) is 4.45. The number of rotatable bonds is 6. The first-order valence-electron chi connectivity index (χ1n) is 8.89. The zero-order valence-electron chi connectivity index (χ0n) is 15.1. The van der Waals surface area contributed by atoms with Crippen molar-refractivity contribution in [1.82, 2.24) is 14.5 Å². The number of aromatic nitrogens is 2. The van der Waals surface area contributed by atoms with E-state index in [-0.39, 0.29) is 11.9 Å². The van der Waals surface area contributed by atoms with Crippen LogP contribution in [0.15, 0.2) is 60.9 Å². The standard InChI is InChI=1S/C21H25N3O/c1-4-20(17-8-6-5-7-9-17)23(14-16(2)3)21(25)18-10-11-19-12-13-22-24(19)15-18/h5-13,15-16,20H,4,14H2,1-3H3. The fourth-order valence-corrected chi connectivity index (χ4v) is 3.26. The summed E-state index contributed by atoms with van der Waals surface area (Å²) in [4.78, 5) is 15.3. The van der Waals surface area contributed by atoms with E-state index in [1.54, 1.807) is 10.7 Å². The van der Waals surface area contributed by atoms with Gasteiger partial charge < -0.3 is 4.90 Å². The molecule has 0 bridgehead atoms. The van der Waals surface area contributed by atoms with Gasteiger partial charge in [0.25, 0.3) is 5.91 Å². The van der Waals surface area contributed by atoms with Gasteiger partial charge in [-0.15, -0.1) is 0 Å². The van der Waals surface area contributed by atoms with Gasteiger partial charge in [0.15, 0.2) is 0 Å². The molecule has 0 saturated heterocycles. The van der Waals surface area contributed by atoms with Crippen molar-refractivity contribution in [3.05, 3.63) is 72.1 Å². The lowest BCUT2D eigenvalue weighted by molar-refractivity contribution is 0.0642. The molecule has 0 saturated carbocycles. The average Bonchev–Trinajstić information content (AvgIpc) is 3.09. The third-order valence-corrected chi connectivity index (χ3v) is 4.41. The fourth-order valence-electron chi connectivity index (χ4n) is 3.26. The van der Waals surface area contributed by atoms with Gasteiger partial charge in [0.1, 0.15) is 0 Å². The highest BCUT2D eigenvalue weighted by Crippen LogP contribution is 2.27. The normalized spacial score (nSPS) is 12.5. The van der Waals surface area contributed by atoms with Gasteiger partial charge in [0.05, 0.1) is 17.1 Å². The summed E-state index contributed by atoms with van der Waals surface area (Å²) in [5.74, 6) is 0.456. The molecule has 1 amide bonds. The Kier molecular flexibility index (Phi) is 5.17. The molecule has 0 aliphatic carbocycles. The first kappa shape index (κ1) is 17.2. The van der Waals surface area contributed by atoms with Gasteiger partial charge in [0, 0.05) is 18.9 Å². The number of nitrogens with zero attached hydrogens (tertiary/aromatic N) is 3. The van der Waals surface area contributed by atoms with Crippen LogP contribution in [0, 0.1) is 5.92 Å². The lowest BCUT2D eigenvalue weighted by Crippen LogP contribution is -2.37. The summed E-state index contributed by atoms with van der Waals surface area (Å²) in [6, 6.07) is 16.1. The lowest BCUT2D eigenvalue weighted by Gasteiger charge is -2.33. The molecule has 4 nitrogen and oxygen atoms in total. The van der Waals surface area contributed by atoms with Gasteiger partial charge in [-0.25, -0.2) is 4.52 Å². The molecule has 1 unspecified atom stereocenters. The van der Waals surface area contributed by atoms with Crippen LogP contribution in [0.25, 0.3) is 5.52 Å². The second kappa shape index (κ2) is 7.51. The minimum atomic E-state index is 0.0572. The van der Waals surface area contributed by atoms with E-state index in [0.717, 1.165) is 18.5 Å². The average molecular weight is 335 g/mol. The monoisotopic (exact) mass is 335 g/mol. The SMILES string of the molecule is CCC(c1ccccc1)N(CC(C)C)C(=O)c1ccc2ccnn2c1. The third kappa shape index (κ3) is 3.73. The maximum absolute atomic E-state index is 13.3. The van der Waals surface area contributed by atoms with E-state index in [4.69, 9.17) is 0 Å². The highest BCUT2D eigenvalue weighted by molar-refractivity contribution is 5.94. The molecule has 130 valence electrons. The molecule has 4 heteroatoms.